The monoisotopic (exact) mass is 318 g/mol. The number of ether oxygens (including phenoxy) is 1. The third kappa shape index (κ3) is 4.28. The number of hydrogen-bond donors (Lipinski definition) is 2. The Morgan fingerprint density at radius 2 is 2.29 bits per heavy atom. The standard InChI is InChI=1S/C14H17ClF2N2O2/c1-8-4-5-18-7-11(8)19-13(20)10-6-9(15)2-3-12(10)21-14(16)17/h2-3,6,8,11,14,18H,4-5,7H2,1H3,(H,19,20). The maximum atomic E-state index is 12.4. The van der Waals surface area contributed by atoms with Gasteiger partial charge in [0, 0.05) is 17.6 Å². The summed E-state index contributed by atoms with van der Waals surface area (Å²) in [6, 6.07) is 3.95. The maximum absolute atomic E-state index is 12.4. The van der Waals surface area contributed by atoms with Gasteiger partial charge in [0.05, 0.1) is 5.56 Å². The molecule has 1 aliphatic rings. The zero-order valence-electron chi connectivity index (χ0n) is 11.5. The van der Waals surface area contributed by atoms with Crippen molar-refractivity contribution in [2.75, 3.05) is 13.1 Å². The third-order valence-electron chi connectivity index (χ3n) is 3.55. The molecular weight excluding hydrogens is 302 g/mol. The Morgan fingerprint density at radius 3 is 2.95 bits per heavy atom. The molecule has 0 aromatic heterocycles. The first-order chi connectivity index (χ1) is 9.97. The van der Waals surface area contributed by atoms with Crippen molar-refractivity contribution in [1.29, 1.82) is 0 Å². The highest BCUT2D eigenvalue weighted by Gasteiger charge is 2.25. The number of nitrogens with one attached hydrogen (secondary N) is 2. The summed E-state index contributed by atoms with van der Waals surface area (Å²) in [6.07, 6.45) is 0.945. The van der Waals surface area contributed by atoms with E-state index in [-0.39, 0.29) is 22.4 Å². The van der Waals surface area contributed by atoms with Crippen molar-refractivity contribution in [1.82, 2.24) is 10.6 Å². The van der Waals surface area contributed by atoms with E-state index in [1.54, 1.807) is 0 Å². The lowest BCUT2D eigenvalue weighted by Crippen LogP contribution is -2.50. The molecule has 2 atom stereocenters. The fraction of sp³-hybridized carbons (Fsp3) is 0.500. The molecule has 21 heavy (non-hydrogen) atoms. The van der Waals surface area contributed by atoms with Gasteiger partial charge in [-0.1, -0.05) is 18.5 Å². The van der Waals surface area contributed by atoms with Crippen LogP contribution in [-0.2, 0) is 0 Å². The van der Waals surface area contributed by atoms with E-state index in [2.05, 4.69) is 15.4 Å². The van der Waals surface area contributed by atoms with Gasteiger partial charge in [0.1, 0.15) is 5.75 Å². The number of piperidine rings is 1. The smallest absolute Gasteiger partial charge is 0.387 e. The summed E-state index contributed by atoms with van der Waals surface area (Å²) >= 11 is 5.83. The molecule has 1 fully saturated rings. The van der Waals surface area contributed by atoms with Crippen molar-refractivity contribution in [2.24, 2.45) is 5.92 Å². The molecule has 0 bridgehead atoms. The summed E-state index contributed by atoms with van der Waals surface area (Å²) in [5.74, 6) is -0.328. The van der Waals surface area contributed by atoms with Gasteiger partial charge >= 0.3 is 6.61 Å². The highest BCUT2D eigenvalue weighted by atomic mass is 35.5. The van der Waals surface area contributed by atoms with E-state index in [0.717, 1.165) is 13.0 Å². The van der Waals surface area contributed by atoms with E-state index < -0.39 is 12.5 Å². The van der Waals surface area contributed by atoms with Gasteiger partial charge in [0.15, 0.2) is 0 Å². The van der Waals surface area contributed by atoms with Crippen LogP contribution in [0.1, 0.15) is 23.7 Å². The lowest BCUT2D eigenvalue weighted by atomic mass is 9.94. The minimum absolute atomic E-state index is 0.0144. The van der Waals surface area contributed by atoms with E-state index in [1.165, 1.54) is 18.2 Å². The first-order valence-electron chi connectivity index (χ1n) is 6.73. The molecule has 1 heterocycles. The molecule has 7 heteroatoms. The van der Waals surface area contributed by atoms with Gasteiger partial charge in [0.25, 0.3) is 5.91 Å². The Hall–Kier alpha value is -1.40. The zero-order valence-corrected chi connectivity index (χ0v) is 12.3. The van der Waals surface area contributed by atoms with Gasteiger partial charge in [0.2, 0.25) is 0 Å². The molecule has 2 rings (SSSR count). The van der Waals surface area contributed by atoms with E-state index >= 15 is 0 Å². The number of carbonyl (C=O) groups is 1. The van der Waals surface area contributed by atoms with Crippen molar-refractivity contribution in [2.45, 2.75) is 26.0 Å². The number of amides is 1. The average molecular weight is 319 g/mol. The van der Waals surface area contributed by atoms with Crippen LogP contribution in [0.3, 0.4) is 0 Å². The fourth-order valence-corrected chi connectivity index (χ4v) is 2.48. The molecule has 1 aromatic carbocycles. The summed E-state index contributed by atoms with van der Waals surface area (Å²) in [5, 5.41) is 6.32. The van der Waals surface area contributed by atoms with Crippen LogP contribution in [0.15, 0.2) is 18.2 Å². The van der Waals surface area contributed by atoms with Crippen LogP contribution in [-0.4, -0.2) is 31.7 Å². The molecule has 1 aliphatic heterocycles. The molecule has 1 saturated heterocycles. The van der Waals surface area contributed by atoms with Crippen molar-refractivity contribution in [3.63, 3.8) is 0 Å². The summed E-state index contributed by atoms with van der Waals surface area (Å²) in [5.41, 5.74) is 0.0144. The molecular formula is C14H17ClF2N2O2. The number of benzene rings is 1. The highest BCUT2D eigenvalue weighted by Crippen LogP contribution is 2.25. The van der Waals surface area contributed by atoms with Crippen molar-refractivity contribution < 1.29 is 18.3 Å². The molecule has 2 N–H and O–H groups in total. The molecule has 0 spiro atoms. The molecule has 2 unspecified atom stereocenters. The molecule has 1 aromatic rings. The van der Waals surface area contributed by atoms with Crippen LogP contribution in [0.25, 0.3) is 0 Å². The van der Waals surface area contributed by atoms with E-state index in [1.807, 2.05) is 6.92 Å². The van der Waals surface area contributed by atoms with Gasteiger partial charge in [-0.2, -0.15) is 8.78 Å². The predicted molar refractivity (Wildman–Crippen MR) is 76.0 cm³/mol. The zero-order chi connectivity index (χ0) is 15.4. The first-order valence-corrected chi connectivity index (χ1v) is 7.11. The SMILES string of the molecule is CC1CCNCC1NC(=O)c1cc(Cl)ccc1OC(F)F. The summed E-state index contributed by atoms with van der Waals surface area (Å²) in [7, 11) is 0. The minimum Gasteiger partial charge on any atom is -0.434 e. The molecule has 1 amide bonds. The maximum Gasteiger partial charge on any atom is 0.387 e. The average Bonchev–Trinajstić information content (AvgIpc) is 2.43. The summed E-state index contributed by atoms with van der Waals surface area (Å²) in [6.45, 7) is 0.608. The second-order valence-electron chi connectivity index (χ2n) is 5.07. The number of carbonyl (C=O) groups excluding carboxylic acids is 1. The van der Waals surface area contributed by atoms with Crippen LogP contribution in [0, 0.1) is 5.92 Å². The predicted octanol–water partition coefficient (Wildman–Crippen LogP) is 2.67. The largest absolute Gasteiger partial charge is 0.434 e. The van der Waals surface area contributed by atoms with E-state index in [4.69, 9.17) is 11.6 Å². The van der Waals surface area contributed by atoms with E-state index in [9.17, 15) is 13.6 Å². The molecule has 0 saturated carbocycles. The minimum atomic E-state index is -2.99. The van der Waals surface area contributed by atoms with Gasteiger partial charge in [-0.15, -0.1) is 0 Å². The number of alkyl halides is 2. The summed E-state index contributed by atoms with van der Waals surface area (Å²) in [4.78, 5) is 12.3. The molecule has 4 nitrogen and oxygen atoms in total. The van der Waals surface area contributed by atoms with Crippen molar-refractivity contribution >= 4 is 17.5 Å². The lowest BCUT2D eigenvalue weighted by molar-refractivity contribution is -0.0501. The lowest BCUT2D eigenvalue weighted by Gasteiger charge is -2.30. The van der Waals surface area contributed by atoms with Gasteiger partial charge < -0.3 is 15.4 Å². The number of hydrogen-bond acceptors (Lipinski definition) is 3. The van der Waals surface area contributed by atoms with Gasteiger partial charge in [-0.3, -0.25) is 4.79 Å². The normalized spacial score (nSPS) is 22.1. The fourth-order valence-electron chi connectivity index (χ4n) is 2.31. The van der Waals surface area contributed by atoms with Crippen LogP contribution in [0.2, 0.25) is 5.02 Å². The van der Waals surface area contributed by atoms with E-state index in [0.29, 0.717) is 12.5 Å². The third-order valence-corrected chi connectivity index (χ3v) is 3.78. The van der Waals surface area contributed by atoms with Crippen molar-refractivity contribution in [3.05, 3.63) is 28.8 Å². The van der Waals surface area contributed by atoms with Crippen LogP contribution < -0.4 is 15.4 Å². The van der Waals surface area contributed by atoms with Gasteiger partial charge in [-0.05, 0) is 37.1 Å². The van der Waals surface area contributed by atoms with Crippen LogP contribution in [0.5, 0.6) is 5.75 Å². The first kappa shape index (κ1) is 16.0. The summed E-state index contributed by atoms with van der Waals surface area (Å²) < 4.78 is 29.1. The second kappa shape index (κ2) is 7.04. The Labute approximate surface area is 126 Å². The second-order valence-corrected chi connectivity index (χ2v) is 5.51. The molecule has 116 valence electrons. The number of halogens is 3. The Kier molecular flexibility index (Phi) is 5.36. The molecule has 0 radical (unpaired) electrons. The Morgan fingerprint density at radius 1 is 1.52 bits per heavy atom. The Balaban J connectivity index is 2.15. The molecule has 0 aliphatic carbocycles. The quantitative estimate of drug-likeness (QED) is 0.897. The topological polar surface area (TPSA) is 50.4 Å². The number of rotatable bonds is 4. The Bertz CT molecular complexity index is 514. The van der Waals surface area contributed by atoms with Crippen LogP contribution >= 0.6 is 11.6 Å². The van der Waals surface area contributed by atoms with Gasteiger partial charge in [-0.25, -0.2) is 0 Å². The van der Waals surface area contributed by atoms with Crippen molar-refractivity contribution in [3.8, 4) is 5.75 Å². The highest BCUT2D eigenvalue weighted by molar-refractivity contribution is 6.31. The van der Waals surface area contributed by atoms with Crippen LogP contribution in [0.4, 0.5) is 8.78 Å².